The van der Waals surface area contributed by atoms with E-state index in [0.29, 0.717) is 17.5 Å². The number of benzene rings is 7. The number of pyridine rings is 1. The zero-order chi connectivity index (χ0) is 38.3. The van der Waals surface area contributed by atoms with Gasteiger partial charge in [-0.3, -0.25) is 4.98 Å². The van der Waals surface area contributed by atoms with Gasteiger partial charge in [0.05, 0.1) is 11.0 Å². The first-order chi connectivity index (χ1) is 28.7. The molecule has 10 aromatic rings. The smallest absolute Gasteiger partial charge is 0.164 e. The maximum atomic E-state index is 5.27. The van der Waals surface area contributed by atoms with Crippen LogP contribution in [0.25, 0.3) is 72.8 Å². The Morgan fingerprint density at radius 1 is 0.379 bits per heavy atom. The fourth-order valence-electron chi connectivity index (χ4n) is 9.57. The Morgan fingerprint density at radius 2 is 0.914 bits per heavy atom. The molecular weight excluding hydrogens is 707 g/mol. The molecule has 2 bridgehead atoms. The quantitative estimate of drug-likeness (QED) is 0.176. The van der Waals surface area contributed by atoms with Gasteiger partial charge in [-0.15, -0.1) is 0 Å². The fourth-order valence-corrected chi connectivity index (χ4v) is 9.57. The van der Waals surface area contributed by atoms with Crippen LogP contribution in [0.1, 0.15) is 50.8 Å². The molecule has 3 aliphatic rings. The minimum absolute atomic E-state index is 0.107. The van der Waals surface area contributed by atoms with Crippen molar-refractivity contribution in [2.45, 2.75) is 18.8 Å². The van der Waals surface area contributed by atoms with Gasteiger partial charge in [-0.2, -0.15) is 0 Å². The third-order valence-corrected chi connectivity index (χ3v) is 12.1. The summed E-state index contributed by atoms with van der Waals surface area (Å²) in [5.74, 6) is 2.21. The Kier molecular flexibility index (Phi) is 7.20. The topological polar surface area (TPSA) is 56.5 Å². The summed E-state index contributed by atoms with van der Waals surface area (Å²) in [7, 11) is 0. The van der Waals surface area contributed by atoms with E-state index in [9.17, 15) is 0 Å². The van der Waals surface area contributed by atoms with Crippen molar-refractivity contribution >= 4 is 21.8 Å². The molecule has 272 valence electrons. The van der Waals surface area contributed by atoms with Crippen LogP contribution in [0.3, 0.4) is 0 Å². The van der Waals surface area contributed by atoms with Gasteiger partial charge in [0, 0.05) is 62.9 Å². The van der Waals surface area contributed by atoms with Crippen molar-refractivity contribution in [3.05, 3.63) is 221 Å². The van der Waals surface area contributed by atoms with Gasteiger partial charge >= 0.3 is 0 Å². The molecule has 3 aromatic heterocycles. The largest absolute Gasteiger partial charge is 0.309 e. The molecule has 0 fully saturated rings. The molecule has 3 aliphatic carbocycles. The summed E-state index contributed by atoms with van der Waals surface area (Å²) >= 11 is 0. The van der Waals surface area contributed by atoms with Crippen LogP contribution in [0.5, 0.6) is 0 Å². The molecule has 0 saturated carbocycles. The van der Waals surface area contributed by atoms with Crippen LogP contribution >= 0.6 is 0 Å². The van der Waals surface area contributed by atoms with Gasteiger partial charge in [0.25, 0.3) is 0 Å². The average molecular weight is 742 g/mol. The predicted molar refractivity (Wildman–Crippen MR) is 233 cm³/mol. The molecule has 5 nitrogen and oxygen atoms in total. The van der Waals surface area contributed by atoms with Gasteiger partial charge in [0.1, 0.15) is 0 Å². The molecular formula is C53H35N5. The molecule has 2 atom stereocenters. The molecule has 0 saturated heterocycles. The lowest BCUT2D eigenvalue weighted by Gasteiger charge is -2.42. The number of para-hydroxylation sites is 2. The molecule has 0 aliphatic heterocycles. The summed E-state index contributed by atoms with van der Waals surface area (Å²) in [5.41, 5.74) is 18.0. The van der Waals surface area contributed by atoms with E-state index in [-0.39, 0.29) is 11.8 Å². The Labute approximate surface area is 336 Å². The average Bonchev–Trinajstić information content (AvgIpc) is 3.62. The zero-order valence-electron chi connectivity index (χ0n) is 31.7. The molecule has 7 aromatic carbocycles. The summed E-state index contributed by atoms with van der Waals surface area (Å²) in [5, 5.41) is 2.35. The van der Waals surface area contributed by atoms with Crippen molar-refractivity contribution < 1.29 is 0 Å². The molecule has 5 heteroatoms. The van der Waals surface area contributed by atoms with E-state index < -0.39 is 0 Å². The molecule has 58 heavy (non-hydrogen) atoms. The SMILES string of the molecule is Cc1cncc(-c2ccc3c(c2)C2c4ccccc4C3c3cc(-c4nc(-c5ccccc5)nc(-c5ccc6c(c5)c5ccccc5n6-c5ccccc5)n4)ccc32)c1. The molecule has 0 amide bonds. The Bertz CT molecular complexity index is 3260. The first kappa shape index (κ1) is 32.7. The standard InChI is InChI=1S/C53H35N5/c1-32-26-37(31-54-30-32)34-20-23-42-45(27-34)49-40-17-8-9-18-41(40)50(42)46-29-35(21-24-43(46)49)52-55-51(33-12-4-2-5-13-33)56-53(57-52)36-22-25-48-44(28-36)39-16-10-11-19-47(39)58(48)38-14-6-3-7-15-38/h2-31,49-50H,1H3. The highest BCUT2D eigenvalue weighted by Gasteiger charge is 2.41. The van der Waals surface area contributed by atoms with E-state index in [1.54, 1.807) is 0 Å². The highest BCUT2D eigenvalue weighted by molar-refractivity contribution is 6.10. The molecule has 2 unspecified atom stereocenters. The normalized spacial score (nSPS) is 15.0. The Hall–Kier alpha value is -7.50. The van der Waals surface area contributed by atoms with Crippen LogP contribution in [0.4, 0.5) is 0 Å². The van der Waals surface area contributed by atoms with Crippen molar-refractivity contribution in [3.63, 3.8) is 0 Å². The molecule has 0 spiro atoms. The van der Waals surface area contributed by atoms with Crippen molar-refractivity contribution in [2.24, 2.45) is 0 Å². The highest BCUT2D eigenvalue weighted by Crippen LogP contribution is 2.56. The first-order valence-electron chi connectivity index (χ1n) is 19.9. The molecule has 13 rings (SSSR count). The van der Waals surface area contributed by atoms with Crippen molar-refractivity contribution in [2.75, 3.05) is 0 Å². The van der Waals surface area contributed by atoms with Gasteiger partial charge < -0.3 is 4.57 Å². The number of fused-ring (bicyclic) bond motifs is 3. The van der Waals surface area contributed by atoms with Gasteiger partial charge in [-0.25, -0.2) is 15.0 Å². The van der Waals surface area contributed by atoms with E-state index in [1.165, 1.54) is 44.3 Å². The van der Waals surface area contributed by atoms with Crippen LogP contribution in [-0.4, -0.2) is 24.5 Å². The zero-order valence-corrected chi connectivity index (χ0v) is 31.7. The number of nitrogens with zero attached hydrogens (tertiary/aromatic N) is 5. The first-order valence-corrected chi connectivity index (χ1v) is 19.9. The van der Waals surface area contributed by atoms with E-state index in [0.717, 1.165) is 49.9 Å². The summed E-state index contributed by atoms with van der Waals surface area (Å²) in [6.07, 6.45) is 3.88. The van der Waals surface area contributed by atoms with Gasteiger partial charge in [0.15, 0.2) is 17.5 Å². The second-order valence-electron chi connectivity index (χ2n) is 15.5. The number of rotatable bonds is 5. The lowest BCUT2D eigenvalue weighted by atomic mass is 9.60. The van der Waals surface area contributed by atoms with Crippen LogP contribution in [0.15, 0.2) is 182 Å². The number of aromatic nitrogens is 5. The molecule has 0 radical (unpaired) electrons. The number of aryl methyl sites for hydroxylation is 1. The van der Waals surface area contributed by atoms with Crippen LogP contribution in [0.2, 0.25) is 0 Å². The molecule has 0 N–H and O–H groups in total. The van der Waals surface area contributed by atoms with E-state index in [1.807, 2.05) is 30.6 Å². The predicted octanol–water partition coefficient (Wildman–Crippen LogP) is 12.3. The fraction of sp³-hybridized carbons (Fsp3) is 0.0566. The monoisotopic (exact) mass is 741 g/mol. The minimum atomic E-state index is 0.107. The van der Waals surface area contributed by atoms with Crippen molar-refractivity contribution in [3.8, 4) is 51.0 Å². The third-order valence-electron chi connectivity index (χ3n) is 12.1. The van der Waals surface area contributed by atoms with Crippen LogP contribution < -0.4 is 0 Å². The van der Waals surface area contributed by atoms with E-state index >= 15 is 0 Å². The summed E-state index contributed by atoms with van der Waals surface area (Å²) < 4.78 is 2.33. The summed E-state index contributed by atoms with van der Waals surface area (Å²) in [6.45, 7) is 2.10. The number of hydrogen-bond donors (Lipinski definition) is 0. The van der Waals surface area contributed by atoms with E-state index in [2.05, 4.69) is 168 Å². The van der Waals surface area contributed by atoms with Gasteiger partial charge in [-0.05, 0) is 106 Å². The van der Waals surface area contributed by atoms with Crippen LogP contribution in [0, 0.1) is 6.92 Å². The highest BCUT2D eigenvalue weighted by atomic mass is 15.0. The number of hydrogen-bond acceptors (Lipinski definition) is 4. The third kappa shape index (κ3) is 5.03. The summed E-state index contributed by atoms with van der Waals surface area (Å²) in [4.78, 5) is 20.1. The minimum Gasteiger partial charge on any atom is -0.309 e. The van der Waals surface area contributed by atoms with Gasteiger partial charge in [0.2, 0.25) is 0 Å². The second-order valence-corrected chi connectivity index (χ2v) is 15.5. The van der Waals surface area contributed by atoms with Crippen molar-refractivity contribution in [1.29, 1.82) is 0 Å². The lowest BCUT2D eigenvalue weighted by molar-refractivity contribution is 0.755. The maximum Gasteiger partial charge on any atom is 0.164 e. The second kappa shape index (κ2) is 12.8. The van der Waals surface area contributed by atoms with Crippen molar-refractivity contribution in [1.82, 2.24) is 24.5 Å². The van der Waals surface area contributed by atoms with E-state index in [4.69, 9.17) is 15.0 Å². The van der Waals surface area contributed by atoms with Gasteiger partial charge in [-0.1, -0.05) is 115 Å². The maximum absolute atomic E-state index is 5.27. The summed E-state index contributed by atoms with van der Waals surface area (Å²) in [6, 6.07) is 61.1. The Balaban J connectivity index is 1.01. The molecule has 3 heterocycles. The lowest BCUT2D eigenvalue weighted by Crippen LogP contribution is -2.27. The Morgan fingerprint density at radius 3 is 1.62 bits per heavy atom. The van der Waals surface area contributed by atoms with Crippen LogP contribution in [-0.2, 0) is 0 Å².